The van der Waals surface area contributed by atoms with Crippen molar-refractivity contribution < 1.29 is 8.42 Å². The molecule has 0 amide bonds. The van der Waals surface area contributed by atoms with Gasteiger partial charge in [0.2, 0.25) is 10.0 Å². The second-order valence-electron chi connectivity index (χ2n) is 4.66. The Balaban J connectivity index is 2.52. The van der Waals surface area contributed by atoms with E-state index in [2.05, 4.69) is 5.32 Å². The van der Waals surface area contributed by atoms with E-state index in [9.17, 15) is 8.42 Å². The molecule has 1 heterocycles. The molecule has 4 nitrogen and oxygen atoms in total. The van der Waals surface area contributed by atoms with E-state index in [1.807, 2.05) is 13.8 Å². The summed E-state index contributed by atoms with van der Waals surface area (Å²) < 4.78 is 25.4. The molecule has 1 saturated heterocycles. The molecule has 0 spiro atoms. The molecule has 1 rings (SSSR count). The smallest absolute Gasteiger partial charge is 0.214 e. The van der Waals surface area contributed by atoms with Crippen molar-refractivity contribution in [1.82, 2.24) is 9.62 Å². The predicted molar refractivity (Wildman–Crippen MR) is 62.3 cm³/mol. The Labute approximate surface area is 93.1 Å². The molecule has 0 radical (unpaired) electrons. The van der Waals surface area contributed by atoms with E-state index in [4.69, 9.17) is 0 Å². The number of nitrogens with one attached hydrogen (secondary N) is 1. The van der Waals surface area contributed by atoms with Gasteiger partial charge in [0.05, 0.1) is 5.75 Å². The van der Waals surface area contributed by atoms with Gasteiger partial charge in [-0.1, -0.05) is 13.8 Å². The van der Waals surface area contributed by atoms with Crippen LogP contribution in [0.5, 0.6) is 0 Å². The molecular formula is C10H22N2O2S. The molecular weight excluding hydrogens is 212 g/mol. The van der Waals surface area contributed by atoms with Crippen LogP contribution in [0.15, 0.2) is 0 Å². The average Bonchev–Trinajstić information content (AvgIpc) is 2.66. The lowest BCUT2D eigenvalue weighted by Crippen LogP contribution is -2.39. The first-order valence-corrected chi connectivity index (χ1v) is 7.21. The first-order chi connectivity index (χ1) is 6.93. The second kappa shape index (κ2) is 5.27. The van der Waals surface area contributed by atoms with Crippen LogP contribution in [0.3, 0.4) is 0 Å². The Morgan fingerprint density at radius 2 is 2.13 bits per heavy atom. The second-order valence-corrected chi connectivity index (χ2v) is 6.81. The third-order valence-electron chi connectivity index (χ3n) is 2.94. The zero-order chi connectivity index (χ0) is 11.5. The molecule has 0 aromatic rings. The molecule has 5 heteroatoms. The molecule has 0 bridgehead atoms. The quantitative estimate of drug-likeness (QED) is 0.760. The normalized spacial score (nSPS) is 22.9. The monoisotopic (exact) mass is 234 g/mol. The number of hydrogen-bond acceptors (Lipinski definition) is 3. The zero-order valence-corrected chi connectivity index (χ0v) is 10.7. The fourth-order valence-electron chi connectivity index (χ4n) is 1.71. The minimum atomic E-state index is -3.05. The Kier molecular flexibility index (Phi) is 4.55. The van der Waals surface area contributed by atoms with Gasteiger partial charge in [0.15, 0.2) is 0 Å². The van der Waals surface area contributed by atoms with Gasteiger partial charge in [0.1, 0.15) is 0 Å². The van der Waals surface area contributed by atoms with Crippen LogP contribution in [-0.2, 0) is 10.0 Å². The third-order valence-corrected chi connectivity index (χ3v) is 4.87. The Morgan fingerprint density at radius 1 is 1.47 bits per heavy atom. The van der Waals surface area contributed by atoms with Crippen LogP contribution in [0.1, 0.15) is 26.7 Å². The summed E-state index contributed by atoms with van der Waals surface area (Å²) in [6.07, 6.45) is 1.67. The van der Waals surface area contributed by atoms with Gasteiger partial charge < -0.3 is 5.32 Å². The SMILES string of the molecule is CC(C)CCS(=O)(=O)N(C)C1CCNC1. The van der Waals surface area contributed by atoms with Crippen molar-refractivity contribution in [3.8, 4) is 0 Å². The van der Waals surface area contributed by atoms with Crippen LogP contribution < -0.4 is 5.32 Å². The highest BCUT2D eigenvalue weighted by Gasteiger charge is 2.28. The lowest BCUT2D eigenvalue weighted by atomic mass is 10.2. The van der Waals surface area contributed by atoms with Crippen molar-refractivity contribution in [1.29, 1.82) is 0 Å². The molecule has 0 aromatic carbocycles. The van der Waals surface area contributed by atoms with Crippen molar-refractivity contribution in [3.63, 3.8) is 0 Å². The summed E-state index contributed by atoms with van der Waals surface area (Å²) in [5.74, 6) is 0.715. The summed E-state index contributed by atoms with van der Waals surface area (Å²) in [7, 11) is -1.34. The van der Waals surface area contributed by atoms with Crippen molar-refractivity contribution in [2.75, 3.05) is 25.9 Å². The topological polar surface area (TPSA) is 49.4 Å². The van der Waals surface area contributed by atoms with Crippen molar-refractivity contribution in [2.45, 2.75) is 32.7 Å². The molecule has 1 N–H and O–H groups in total. The molecule has 1 unspecified atom stereocenters. The summed E-state index contributed by atoms with van der Waals surface area (Å²) in [4.78, 5) is 0. The van der Waals surface area contributed by atoms with Crippen molar-refractivity contribution >= 4 is 10.0 Å². The lowest BCUT2D eigenvalue weighted by Gasteiger charge is -2.23. The van der Waals surface area contributed by atoms with E-state index in [1.165, 1.54) is 0 Å². The standard InChI is InChI=1S/C10H22N2O2S/c1-9(2)5-7-15(13,14)12(3)10-4-6-11-8-10/h9-11H,4-8H2,1-3H3. The number of nitrogens with zero attached hydrogens (tertiary/aromatic N) is 1. The largest absolute Gasteiger partial charge is 0.315 e. The Hall–Kier alpha value is -0.130. The van der Waals surface area contributed by atoms with Crippen LogP contribution in [0.25, 0.3) is 0 Å². The summed E-state index contributed by atoms with van der Waals surface area (Å²) in [6.45, 7) is 5.81. The maximum atomic E-state index is 11.9. The molecule has 15 heavy (non-hydrogen) atoms. The first kappa shape index (κ1) is 12.9. The van der Waals surface area contributed by atoms with Gasteiger partial charge in [0, 0.05) is 19.6 Å². The minimum Gasteiger partial charge on any atom is -0.315 e. The van der Waals surface area contributed by atoms with Gasteiger partial charge in [-0.3, -0.25) is 0 Å². The average molecular weight is 234 g/mol. The maximum Gasteiger partial charge on any atom is 0.214 e. The lowest BCUT2D eigenvalue weighted by molar-refractivity contribution is 0.385. The zero-order valence-electron chi connectivity index (χ0n) is 9.86. The number of sulfonamides is 1. The third kappa shape index (κ3) is 3.74. The van der Waals surface area contributed by atoms with Crippen LogP contribution in [0, 0.1) is 5.92 Å². The van der Waals surface area contributed by atoms with Gasteiger partial charge in [0.25, 0.3) is 0 Å². The molecule has 1 aliphatic heterocycles. The van der Waals surface area contributed by atoms with Crippen molar-refractivity contribution in [3.05, 3.63) is 0 Å². The van der Waals surface area contributed by atoms with Crippen molar-refractivity contribution in [2.24, 2.45) is 5.92 Å². The van der Waals surface area contributed by atoms with E-state index in [1.54, 1.807) is 11.4 Å². The minimum absolute atomic E-state index is 0.155. The molecule has 0 aliphatic carbocycles. The maximum absolute atomic E-state index is 11.9. The summed E-state index contributed by atoms with van der Waals surface area (Å²) in [5, 5.41) is 3.18. The van der Waals surface area contributed by atoms with E-state index in [0.29, 0.717) is 5.92 Å². The van der Waals surface area contributed by atoms with E-state index < -0.39 is 10.0 Å². The molecule has 1 fully saturated rings. The Bertz CT molecular complexity index is 282. The van der Waals surface area contributed by atoms with Gasteiger partial charge in [-0.15, -0.1) is 0 Å². The number of rotatable bonds is 5. The van der Waals surface area contributed by atoms with Gasteiger partial charge in [-0.25, -0.2) is 12.7 Å². The number of likely N-dealkylation sites (N-methyl/N-ethyl adjacent to an activating group) is 1. The summed E-state index contributed by atoms with van der Waals surface area (Å²) in [6, 6.07) is 0.155. The highest BCUT2D eigenvalue weighted by Crippen LogP contribution is 2.13. The van der Waals surface area contributed by atoms with E-state index in [0.717, 1.165) is 25.9 Å². The summed E-state index contributed by atoms with van der Waals surface area (Å²) in [5.41, 5.74) is 0. The fourth-order valence-corrected chi connectivity index (χ4v) is 3.40. The highest BCUT2D eigenvalue weighted by atomic mass is 32.2. The van der Waals surface area contributed by atoms with Crippen LogP contribution in [-0.4, -0.2) is 44.7 Å². The fraction of sp³-hybridized carbons (Fsp3) is 1.00. The molecule has 0 aromatic heterocycles. The number of hydrogen-bond donors (Lipinski definition) is 1. The molecule has 1 aliphatic rings. The van der Waals surface area contributed by atoms with Crippen LogP contribution in [0.4, 0.5) is 0 Å². The van der Waals surface area contributed by atoms with Gasteiger partial charge in [-0.2, -0.15) is 0 Å². The van der Waals surface area contributed by atoms with Crippen LogP contribution in [0.2, 0.25) is 0 Å². The molecule has 1 atom stereocenters. The van der Waals surface area contributed by atoms with E-state index >= 15 is 0 Å². The molecule has 90 valence electrons. The van der Waals surface area contributed by atoms with E-state index in [-0.39, 0.29) is 11.8 Å². The Morgan fingerprint density at radius 3 is 2.60 bits per heavy atom. The highest BCUT2D eigenvalue weighted by molar-refractivity contribution is 7.89. The van der Waals surface area contributed by atoms with Gasteiger partial charge in [-0.05, 0) is 25.3 Å². The first-order valence-electron chi connectivity index (χ1n) is 5.60. The molecule has 0 saturated carbocycles. The summed E-state index contributed by atoms with van der Waals surface area (Å²) >= 11 is 0. The van der Waals surface area contributed by atoms with Crippen LogP contribution >= 0.6 is 0 Å². The van der Waals surface area contributed by atoms with Gasteiger partial charge >= 0.3 is 0 Å². The predicted octanol–water partition coefficient (Wildman–Crippen LogP) is 0.656.